The van der Waals surface area contributed by atoms with Crippen molar-refractivity contribution < 1.29 is 18.0 Å². The van der Waals surface area contributed by atoms with Crippen molar-refractivity contribution in [2.45, 2.75) is 32.4 Å². The Labute approximate surface area is 227 Å². The average Bonchev–Trinajstić information content (AvgIpc) is 2.89. The lowest BCUT2D eigenvalue weighted by Crippen LogP contribution is -2.52. The van der Waals surface area contributed by atoms with Crippen molar-refractivity contribution in [1.29, 1.82) is 0 Å². The highest BCUT2D eigenvalue weighted by Gasteiger charge is 2.32. The lowest BCUT2D eigenvalue weighted by molar-refractivity contribution is -0.139. The second kappa shape index (κ2) is 12.9. The van der Waals surface area contributed by atoms with Crippen molar-refractivity contribution in [3.05, 3.63) is 100 Å². The Kier molecular flexibility index (Phi) is 9.88. The number of amides is 2. The number of benzene rings is 3. The summed E-state index contributed by atoms with van der Waals surface area (Å²) in [5.41, 5.74) is 3.16. The predicted octanol–water partition coefficient (Wildman–Crippen LogP) is 4.16. The molecule has 0 unspecified atom stereocenters. The highest BCUT2D eigenvalue weighted by atomic mass is 79.9. The van der Waals surface area contributed by atoms with Crippen molar-refractivity contribution >= 4 is 43.5 Å². The molecular weight excluding hydrogens is 554 g/mol. The number of hydrogen-bond donors (Lipinski definition) is 1. The molecule has 0 saturated carbocycles. The second-order valence-electron chi connectivity index (χ2n) is 8.76. The van der Waals surface area contributed by atoms with Crippen molar-refractivity contribution in [3.63, 3.8) is 0 Å². The summed E-state index contributed by atoms with van der Waals surface area (Å²) in [6, 6.07) is 23.2. The number of carbonyl (C=O) groups is 2. The van der Waals surface area contributed by atoms with E-state index in [0.717, 1.165) is 38.1 Å². The lowest BCUT2D eigenvalue weighted by Gasteiger charge is -2.33. The normalized spacial score (nSPS) is 12.0. The number of nitrogens with one attached hydrogen (secondary N) is 1. The molecule has 196 valence electrons. The smallest absolute Gasteiger partial charge is 0.244 e. The molecule has 0 aliphatic carbocycles. The van der Waals surface area contributed by atoms with Crippen molar-refractivity contribution in [2.75, 3.05) is 24.2 Å². The first kappa shape index (κ1) is 28.4. The number of anilines is 1. The molecule has 1 N–H and O–H groups in total. The van der Waals surface area contributed by atoms with Gasteiger partial charge in [0.1, 0.15) is 12.6 Å². The maximum atomic E-state index is 13.9. The number of carbonyl (C=O) groups excluding carboxylic acids is 2. The van der Waals surface area contributed by atoms with Crippen LogP contribution in [0.25, 0.3) is 0 Å². The summed E-state index contributed by atoms with van der Waals surface area (Å²) in [4.78, 5) is 28.4. The highest BCUT2D eigenvalue weighted by molar-refractivity contribution is 9.10. The van der Waals surface area contributed by atoms with Crippen LogP contribution in [0.15, 0.2) is 83.3 Å². The molecule has 3 aromatic carbocycles. The van der Waals surface area contributed by atoms with Gasteiger partial charge in [-0.3, -0.25) is 13.9 Å². The molecule has 2 amide bonds. The first-order valence-electron chi connectivity index (χ1n) is 12.0. The van der Waals surface area contributed by atoms with Gasteiger partial charge in [-0.25, -0.2) is 8.42 Å². The number of rotatable bonds is 11. The molecule has 3 aromatic rings. The van der Waals surface area contributed by atoms with Crippen molar-refractivity contribution in [2.24, 2.45) is 0 Å². The third-order valence-corrected chi connectivity index (χ3v) is 7.76. The van der Waals surface area contributed by atoms with E-state index in [1.165, 1.54) is 11.9 Å². The summed E-state index contributed by atoms with van der Waals surface area (Å²) in [6.45, 7) is 1.73. The number of likely N-dealkylation sites (N-methyl/N-ethyl adjacent to an activating group) is 1. The fourth-order valence-electron chi connectivity index (χ4n) is 4.02. The Morgan fingerprint density at radius 2 is 1.49 bits per heavy atom. The molecule has 0 bridgehead atoms. The Morgan fingerprint density at radius 3 is 2.03 bits per heavy atom. The zero-order chi connectivity index (χ0) is 27.0. The summed E-state index contributed by atoms with van der Waals surface area (Å²) in [5, 5.41) is 2.67. The zero-order valence-electron chi connectivity index (χ0n) is 21.2. The van der Waals surface area contributed by atoms with Gasteiger partial charge in [0.15, 0.2) is 0 Å². The van der Waals surface area contributed by atoms with E-state index in [4.69, 9.17) is 0 Å². The SMILES string of the molecule is CCc1ccc(N(CC(=O)N(Cc2ccc(Br)cc2)[C@H](Cc2ccccc2)C(=O)NC)S(C)(=O)=O)cc1. The van der Waals surface area contributed by atoms with E-state index in [0.29, 0.717) is 5.69 Å². The van der Waals surface area contributed by atoms with Crippen LogP contribution in [0.4, 0.5) is 5.69 Å². The number of nitrogens with zero attached hydrogens (tertiary/aromatic N) is 2. The monoisotopic (exact) mass is 585 g/mol. The molecule has 0 heterocycles. The fraction of sp³-hybridized carbons (Fsp3) is 0.286. The van der Waals surface area contributed by atoms with Gasteiger partial charge in [-0.2, -0.15) is 0 Å². The molecule has 0 spiro atoms. The van der Waals surface area contributed by atoms with E-state index in [-0.39, 0.29) is 18.9 Å². The van der Waals surface area contributed by atoms with Gasteiger partial charge in [0.25, 0.3) is 0 Å². The van der Waals surface area contributed by atoms with Gasteiger partial charge in [0.2, 0.25) is 21.8 Å². The van der Waals surface area contributed by atoms with Crippen molar-refractivity contribution in [3.8, 4) is 0 Å². The molecule has 0 aromatic heterocycles. The maximum Gasteiger partial charge on any atom is 0.244 e. The van der Waals surface area contributed by atoms with Crippen LogP contribution >= 0.6 is 15.9 Å². The zero-order valence-corrected chi connectivity index (χ0v) is 23.6. The fourth-order valence-corrected chi connectivity index (χ4v) is 5.13. The number of aryl methyl sites for hydroxylation is 1. The Hall–Kier alpha value is -3.17. The third-order valence-electron chi connectivity index (χ3n) is 6.10. The molecule has 9 heteroatoms. The Balaban J connectivity index is 2.00. The molecule has 3 rings (SSSR count). The maximum absolute atomic E-state index is 13.9. The van der Waals surface area contributed by atoms with Crippen LogP contribution in [0, 0.1) is 0 Å². The topological polar surface area (TPSA) is 86.8 Å². The van der Waals surface area contributed by atoms with Crippen LogP contribution in [0.2, 0.25) is 0 Å². The van der Waals surface area contributed by atoms with E-state index in [2.05, 4.69) is 21.2 Å². The molecular formula is C28H32BrN3O4S. The Bertz CT molecular complexity index is 1300. The van der Waals surface area contributed by atoms with E-state index < -0.39 is 28.5 Å². The van der Waals surface area contributed by atoms with Crippen LogP contribution in [0.1, 0.15) is 23.6 Å². The van der Waals surface area contributed by atoms with Gasteiger partial charge in [0.05, 0.1) is 11.9 Å². The van der Waals surface area contributed by atoms with Gasteiger partial charge < -0.3 is 10.2 Å². The Morgan fingerprint density at radius 1 is 0.892 bits per heavy atom. The molecule has 0 radical (unpaired) electrons. The summed E-state index contributed by atoms with van der Waals surface area (Å²) >= 11 is 3.42. The van der Waals surface area contributed by atoms with Crippen LogP contribution in [-0.4, -0.2) is 51.0 Å². The summed E-state index contributed by atoms with van der Waals surface area (Å²) in [7, 11) is -2.25. The van der Waals surface area contributed by atoms with E-state index in [1.54, 1.807) is 12.1 Å². The first-order chi connectivity index (χ1) is 17.6. The molecule has 0 aliphatic heterocycles. The molecule has 0 saturated heterocycles. The number of hydrogen-bond acceptors (Lipinski definition) is 4. The summed E-state index contributed by atoms with van der Waals surface area (Å²) in [6.07, 6.45) is 2.17. The van der Waals surface area contributed by atoms with Crippen LogP contribution < -0.4 is 9.62 Å². The minimum absolute atomic E-state index is 0.142. The van der Waals surface area contributed by atoms with E-state index in [1.807, 2.05) is 73.7 Å². The van der Waals surface area contributed by atoms with Gasteiger partial charge in [-0.05, 0) is 47.4 Å². The van der Waals surface area contributed by atoms with Gasteiger partial charge >= 0.3 is 0 Å². The predicted molar refractivity (Wildman–Crippen MR) is 151 cm³/mol. The van der Waals surface area contributed by atoms with Crippen LogP contribution in [0.3, 0.4) is 0 Å². The quantitative estimate of drug-likeness (QED) is 0.366. The lowest BCUT2D eigenvalue weighted by atomic mass is 10.0. The molecule has 0 aliphatic rings. The highest BCUT2D eigenvalue weighted by Crippen LogP contribution is 2.21. The summed E-state index contributed by atoms with van der Waals surface area (Å²) in [5.74, 6) is -0.801. The number of halogens is 1. The molecule has 37 heavy (non-hydrogen) atoms. The number of sulfonamides is 1. The van der Waals surface area contributed by atoms with Gasteiger partial charge in [0, 0.05) is 24.5 Å². The van der Waals surface area contributed by atoms with Crippen LogP contribution in [0.5, 0.6) is 0 Å². The molecule has 0 fully saturated rings. The molecule has 1 atom stereocenters. The van der Waals surface area contributed by atoms with Gasteiger partial charge in [-0.1, -0.05) is 77.5 Å². The first-order valence-corrected chi connectivity index (χ1v) is 14.6. The van der Waals surface area contributed by atoms with Crippen molar-refractivity contribution in [1.82, 2.24) is 10.2 Å². The third kappa shape index (κ3) is 7.90. The minimum Gasteiger partial charge on any atom is -0.357 e. The molecule has 7 nitrogen and oxygen atoms in total. The van der Waals surface area contributed by atoms with Crippen LogP contribution in [-0.2, 0) is 39.0 Å². The standard InChI is InChI=1S/C28H32BrN3O4S/c1-4-21-12-16-25(17-13-21)32(37(3,35)36)20-27(33)31(19-23-10-14-24(29)15-11-23)26(28(34)30-2)18-22-8-6-5-7-9-22/h5-17,26H,4,18-20H2,1-3H3,(H,30,34)/t26-/m1/s1. The van der Waals surface area contributed by atoms with Gasteiger partial charge in [-0.15, -0.1) is 0 Å². The minimum atomic E-state index is -3.78. The largest absolute Gasteiger partial charge is 0.357 e. The van der Waals surface area contributed by atoms with E-state index in [9.17, 15) is 18.0 Å². The average molecular weight is 587 g/mol. The van der Waals surface area contributed by atoms with E-state index >= 15 is 0 Å². The second-order valence-corrected chi connectivity index (χ2v) is 11.6. The summed E-state index contributed by atoms with van der Waals surface area (Å²) < 4.78 is 27.5.